The largest absolute Gasteiger partial charge is 0.476 e. The summed E-state index contributed by atoms with van der Waals surface area (Å²) < 4.78 is 6.57. The molecule has 0 N–H and O–H groups in total. The number of nitriles is 1. The van der Waals surface area contributed by atoms with Crippen LogP contribution in [0.2, 0.25) is 0 Å². The van der Waals surface area contributed by atoms with Crippen LogP contribution in [0.4, 0.5) is 0 Å². The molecule has 0 fully saturated rings. The SMILES string of the molecule is CCC(C#N)Oc1ccc(I)cc1. The van der Waals surface area contributed by atoms with Crippen LogP contribution in [0.1, 0.15) is 13.3 Å². The minimum absolute atomic E-state index is 0.333. The van der Waals surface area contributed by atoms with E-state index in [4.69, 9.17) is 10.00 Å². The number of benzene rings is 1. The number of nitrogens with zero attached hydrogens (tertiary/aromatic N) is 1. The van der Waals surface area contributed by atoms with E-state index in [9.17, 15) is 0 Å². The van der Waals surface area contributed by atoms with Gasteiger partial charge in [-0.1, -0.05) is 6.92 Å². The molecule has 0 amide bonds. The molecule has 1 aromatic carbocycles. The summed E-state index contributed by atoms with van der Waals surface area (Å²) in [4.78, 5) is 0. The van der Waals surface area contributed by atoms with Gasteiger partial charge in [-0.2, -0.15) is 5.26 Å². The topological polar surface area (TPSA) is 33.0 Å². The third kappa shape index (κ3) is 3.23. The molecule has 0 aliphatic rings. The molecule has 0 saturated heterocycles. The fourth-order valence-electron chi connectivity index (χ4n) is 0.878. The Morgan fingerprint density at radius 2 is 2.08 bits per heavy atom. The van der Waals surface area contributed by atoms with Crippen LogP contribution in [0.25, 0.3) is 0 Å². The van der Waals surface area contributed by atoms with Crippen LogP contribution in [-0.4, -0.2) is 6.10 Å². The van der Waals surface area contributed by atoms with Crippen LogP contribution in [0.3, 0.4) is 0 Å². The van der Waals surface area contributed by atoms with Crippen molar-refractivity contribution in [2.24, 2.45) is 0 Å². The van der Waals surface area contributed by atoms with Crippen molar-refractivity contribution >= 4 is 22.6 Å². The van der Waals surface area contributed by atoms with Gasteiger partial charge in [0.1, 0.15) is 11.8 Å². The Kier molecular flexibility index (Phi) is 4.03. The Bertz CT molecular complexity index is 302. The average molecular weight is 287 g/mol. The third-order valence-corrected chi connectivity index (χ3v) is 2.33. The van der Waals surface area contributed by atoms with Gasteiger partial charge >= 0.3 is 0 Å². The molecule has 2 nitrogen and oxygen atoms in total. The van der Waals surface area contributed by atoms with Crippen molar-refractivity contribution in [2.45, 2.75) is 19.4 Å². The van der Waals surface area contributed by atoms with Gasteiger partial charge in [-0.3, -0.25) is 0 Å². The first-order chi connectivity index (χ1) is 6.26. The highest BCUT2D eigenvalue weighted by atomic mass is 127. The Morgan fingerprint density at radius 1 is 1.46 bits per heavy atom. The molecular formula is C10H10INO. The zero-order valence-electron chi connectivity index (χ0n) is 7.33. The highest BCUT2D eigenvalue weighted by molar-refractivity contribution is 14.1. The van der Waals surface area contributed by atoms with Crippen molar-refractivity contribution in [1.29, 1.82) is 5.26 Å². The molecule has 0 radical (unpaired) electrons. The van der Waals surface area contributed by atoms with E-state index in [0.29, 0.717) is 6.42 Å². The summed E-state index contributed by atoms with van der Waals surface area (Å²) in [5.74, 6) is 0.758. The quantitative estimate of drug-likeness (QED) is 0.801. The lowest BCUT2D eigenvalue weighted by Crippen LogP contribution is -2.11. The average Bonchev–Trinajstić information content (AvgIpc) is 2.17. The van der Waals surface area contributed by atoms with Gasteiger partial charge in [0.05, 0.1) is 0 Å². The zero-order valence-corrected chi connectivity index (χ0v) is 9.48. The maximum Gasteiger partial charge on any atom is 0.184 e. The fraction of sp³-hybridized carbons (Fsp3) is 0.300. The molecule has 0 aromatic heterocycles. The lowest BCUT2D eigenvalue weighted by molar-refractivity contribution is 0.252. The van der Waals surface area contributed by atoms with Crippen molar-refractivity contribution in [1.82, 2.24) is 0 Å². The zero-order chi connectivity index (χ0) is 9.68. The molecule has 0 aliphatic heterocycles. The first kappa shape index (κ1) is 10.3. The standard InChI is InChI=1S/C10H10INO/c1-2-9(7-12)13-10-5-3-8(11)4-6-10/h3-6,9H,2H2,1H3. The smallest absolute Gasteiger partial charge is 0.184 e. The van der Waals surface area contributed by atoms with E-state index in [1.165, 1.54) is 0 Å². The number of hydrogen-bond donors (Lipinski definition) is 0. The molecule has 0 saturated carbocycles. The van der Waals surface area contributed by atoms with Gasteiger partial charge in [-0.15, -0.1) is 0 Å². The summed E-state index contributed by atoms with van der Waals surface area (Å²) in [5, 5.41) is 8.67. The number of hydrogen-bond acceptors (Lipinski definition) is 2. The minimum Gasteiger partial charge on any atom is -0.476 e. The van der Waals surface area contributed by atoms with Crippen LogP contribution in [0.5, 0.6) is 5.75 Å². The number of halogens is 1. The van der Waals surface area contributed by atoms with Crippen LogP contribution >= 0.6 is 22.6 Å². The molecule has 0 bridgehead atoms. The summed E-state index contributed by atoms with van der Waals surface area (Å²) in [5.41, 5.74) is 0. The van der Waals surface area contributed by atoms with Crippen LogP contribution < -0.4 is 4.74 Å². The van der Waals surface area contributed by atoms with Crippen LogP contribution in [0.15, 0.2) is 24.3 Å². The first-order valence-electron chi connectivity index (χ1n) is 4.08. The molecule has 1 aromatic rings. The second-order valence-electron chi connectivity index (χ2n) is 2.60. The highest BCUT2D eigenvalue weighted by Crippen LogP contribution is 2.15. The first-order valence-corrected chi connectivity index (χ1v) is 5.16. The molecule has 1 unspecified atom stereocenters. The minimum atomic E-state index is -0.333. The van der Waals surface area contributed by atoms with Crippen LogP contribution in [0, 0.1) is 14.9 Å². The second kappa shape index (κ2) is 5.07. The summed E-state index contributed by atoms with van der Waals surface area (Å²) in [6.45, 7) is 1.93. The van der Waals surface area contributed by atoms with E-state index >= 15 is 0 Å². The third-order valence-electron chi connectivity index (χ3n) is 1.61. The van der Waals surface area contributed by atoms with E-state index < -0.39 is 0 Å². The van der Waals surface area contributed by atoms with Gasteiger partial charge in [0.25, 0.3) is 0 Å². The lowest BCUT2D eigenvalue weighted by atomic mass is 10.3. The Hall–Kier alpha value is -0.760. The molecule has 1 atom stereocenters. The van der Waals surface area contributed by atoms with E-state index in [-0.39, 0.29) is 6.10 Å². The van der Waals surface area contributed by atoms with E-state index in [1.54, 1.807) is 0 Å². The predicted molar refractivity (Wildman–Crippen MR) is 59.5 cm³/mol. The normalized spacial score (nSPS) is 11.8. The number of ether oxygens (including phenoxy) is 1. The Morgan fingerprint density at radius 3 is 2.54 bits per heavy atom. The Balaban J connectivity index is 2.64. The lowest BCUT2D eigenvalue weighted by Gasteiger charge is -2.09. The van der Waals surface area contributed by atoms with Gasteiger partial charge in [0, 0.05) is 3.57 Å². The monoisotopic (exact) mass is 287 g/mol. The van der Waals surface area contributed by atoms with Gasteiger partial charge in [-0.05, 0) is 53.3 Å². The van der Waals surface area contributed by atoms with Crippen LogP contribution in [-0.2, 0) is 0 Å². The van der Waals surface area contributed by atoms with Crippen molar-refractivity contribution in [3.05, 3.63) is 27.8 Å². The van der Waals surface area contributed by atoms with Gasteiger partial charge < -0.3 is 4.74 Å². The molecule has 3 heteroatoms. The molecule has 0 aliphatic carbocycles. The second-order valence-corrected chi connectivity index (χ2v) is 3.84. The van der Waals surface area contributed by atoms with E-state index in [2.05, 4.69) is 28.7 Å². The highest BCUT2D eigenvalue weighted by Gasteiger charge is 2.04. The Labute approximate surface area is 91.7 Å². The molecule has 13 heavy (non-hydrogen) atoms. The van der Waals surface area contributed by atoms with Gasteiger partial charge in [-0.25, -0.2) is 0 Å². The van der Waals surface area contributed by atoms with Gasteiger partial charge in [0.2, 0.25) is 0 Å². The van der Waals surface area contributed by atoms with Gasteiger partial charge in [0.15, 0.2) is 6.10 Å². The summed E-state index contributed by atoms with van der Waals surface area (Å²) in [6.07, 6.45) is 0.378. The summed E-state index contributed by atoms with van der Waals surface area (Å²) in [7, 11) is 0. The predicted octanol–water partition coefficient (Wildman–Crippen LogP) is 2.97. The van der Waals surface area contributed by atoms with Crippen molar-refractivity contribution < 1.29 is 4.74 Å². The number of rotatable bonds is 3. The molecule has 68 valence electrons. The fourth-order valence-corrected chi connectivity index (χ4v) is 1.24. The molecule has 1 rings (SSSR count). The summed E-state index contributed by atoms with van der Waals surface area (Å²) in [6, 6.07) is 9.76. The van der Waals surface area contributed by atoms with Crippen molar-refractivity contribution in [3.63, 3.8) is 0 Å². The molecular weight excluding hydrogens is 277 g/mol. The van der Waals surface area contributed by atoms with E-state index in [1.807, 2.05) is 31.2 Å². The summed E-state index contributed by atoms with van der Waals surface area (Å²) >= 11 is 2.23. The van der Waals surface area contributed by atoms with Crippen molar-refractivity contribution in [3.8, 4) is 11.8 Å². The van der Waals surface area contributed by atoms with Crippen molar-refractivity contribution in [2.75, 3.05) is 0 Å². The maximum absolute atomic E-state index is 8.67. The maximum atomic E-state index is 8.67. The molecule has 0 spiro atoms. The van der Waals surface area contributed by atoms with E-state index in [0.717, 1.165) is 9.32 Å². The molecule has 0 heterocycles.